The molecule has 202 valence electrons. The first-order chi connectivity index (χ1) is 18.8. The van der Waals surface area contributed by atoms with Crippen molar-refractivity contribution in [1.82, 2.24) is 4.90 Å². The summed E-state index contributed by atoms with van der Waals surface area (Å²) < 4.78 is 46.5. The Bertz CT molecular complexity index is 1310. The number of aldehydes is 1. The zero-order valence-corrected chi connectivity index (χ0v) is 22.0. The summed E-state index contributed by atoms with van der Waals surface area (Å²) in [6, 6.07) is 31.1. The van der Waals surface area contributed by atoms with Gasteiger partial charge in [0, 0.05) is 31.1 Å². The molecule has 0 heterocycles. The summed E-state index contributed by atoms with van der Waals surface area (Å²) in [6.45, 7) is 1.77. The van der Waals surface area contributed by atoms with Gasteiger partial charge in [-0.15, -0.1) is 0 Å². The van der Waals surface area contributed by atoms with E-state index >= 15 is 0 Å². The van der Waals surface area contributed by atoms with Crippen molar-refractivity contribution in [3.8, 4) is 5.75 Å². The van der Waals surface area contributed by atoms with Crippen LogP contribution in [0, 0.1) is 0 Å². The van der Waals surface area contributed by atoms with Gasteiger partial charge in [0.2, 0.25) is 0 Å². The van der Waals surface area contributed by atoms with E-state index in [9.17, 15) is 18.0 Å². The topological polar surface area (TPSA) is 29.5 Å². The molecule has 39 heavy (non-hydrogen) atoms. The van der Waals surface area contributed by atoms with Crippen molar-refractivity contribution in [1.29, 1.82) is 0 Å². The molecule has 0 spiro atoms. The number of ether oxygens (including phenoxy) is 1. The van der Waals surface area contributed by atoms with E-state index in [0.717, 1.165) is 23.5 Å². The van der Waals surface area contributed by atoms with Gasteiger partial charge in [0.15, 0.2) is 0 Å². The molecule has 4 aromatic rings. The summed E-state index contributed by atoms with van der Waals surface area (Å²) in [6.07, 6.45) is -3.14. The maximum absolute atomic E-state index is 13.5. The van der Waals surface area contributed by atoms with Gasteiger partial charge in [-0.3, -0.25) is 9.69 Å². The standard InChI is InChI=1S/C32H29ClF3NO2/c33-31-27(15-8-17-30(31)32(34,35)36)21-37(18-9-19-39-28-16-7-10-24(20-28)23-38)22-29(25-11-3-1-4-12-25)26-13-5-2-6-14-26/h1-8,10-17,20,23,29H,9,18-19,21-22H2. The molecule has 0 saturated heterocycles. The van der Waals surface area contributed by atoms with E-state index in [4.69, 9.17) is 16.3 Å². The van der Waals surface area contributed by atoms with Gasteiger partial charge in [0.1, 0.15) is 12.0 Å². The van der Waals surface area contributed by atoms with Crippen molar-refractivity contribution >= 4 is 17.9 Å². The summed E-state index contributed by atoms with van der Waals surface area (Å²) in [7, 11) is 0. The number of halogens is 4. The summed E-state index contributed by atoms with van der Waals surface area (Å²) in [4.78, 5) is 13.2. The number of nitrogens with zero attached hydrogens (tertiary/aromatic N) is 1. The summed E-state index contributed by atoms with van der Waals surface area (Å²) in [5, 5.41) is -0.270. The fraction of sp³-hybridized carbons (Fsp3) is 0.219. The van der Waals surface area contributed by atoms with Gasteiger partial charge in [0.25, 0.3) is 0 Å². The lowest BCUT2D eigenvalue weighted by atomic mass is 9.90. The number of carbonyl (C=O) groups excluding carboxylic acids is 1. The van der Waals surface area contributed by atoms with Gasteiger partial charge >= 0.3 is 6.18 Å². The Balaban J connectivity index is 1.56. The Morgan fingerprint density at radius 3 is 2.10 bits per heavy atom. The van der Waals surface area contributed by atoms with E-state index in [0.29, 0.717) is 43.0 Å². The molecule has 4 rings (SSSR count). The average molecular weight is 552 g/mol. The first-order valence-corrected chi connectivity index (χ1v) is 13.1. The lowest BCUT2D eigenvalue weighted by Crippen LogP contribution is -2.31. The molecule has 0 radical (unpaired) electrons. The fourth-order valence-corrected chi connectivity index (χ4v) is 4.88. The maximum Gasteiger partial charge on any atom is 0.417 e. The highest BCUT2D eigenvalue weighted by atomic mass is 35.5. The predicted molar refractivity (Wildman–Crippen MR) is 148 cm³/mol. The molecule has 0 aliphatic rings. The number of hydrogen-bond acceptors (Lipinski definition) is 3. The summed E-state index contributed by atoms with van der Waals surface area (Å²) in [5.74, 6) is 0.598. The van der Waals surface area contributed by atoms with E-state index in [1.807, 2.05) is 36.4 Å². The lowest BCUT2D eigenvalue weighted by molar-refractivity contribution is -0.137. The van der Waals surface area contributed by atoms with Crippen LogP contribution in [0.5, 0.6) is 5.75 Å². The molecule has 0 aliphatic heterocycles. The molecule has 0 N–H and O–H groups in total. The Morgan fingerprint density at radius 1 is 0.846 bits per heavy atom. The Hall–Kier alpha value is -3.61. The predicted octanol–water partition coefficient (Wildman–Crippen LogP) is 8.27. The first kappa shape index (κ1) is 28.4. The minimum absolute atomic E-state index is 0.00201. The van der Waals surface area contributed by atoms with Crippen molar-refractivity contribution in [3.05, 3.63) is 136 Å². The van der Waals surface area contributed by atoms with Gasteiger partial charge in [-0.2, -0.15) is 13.2 Å². The molecule has 0 atom stereocenters. The van der Waals surface area contributed by atoms with Gasteiger partial charge in [-0.25, -0.2) is 0 Å². The van der Waals surface area contributed by atoms with E-state index in [1.54, 1.807) is 30.3 Å². The molecule has 4 aromatic carbocycles. The lowest BCUT2D eigenvalue weighted by Gasteiger charge is -2.29. The zero-order valence-electron chi connectivity index (χ0n) is 21.3. The molecule has 7 heteroatoms. The SMILES string of the molecule is O=Cc1cccc(OCCCN(Cc2cccc(C(F)(F)F)c2Cl)CC(c2ccccc2)c2ccccc2)c1. The van der Waals surface area contributed by atoms with Crippen LogP contribution in [-0.2, 0) is 12.7 Å². The van der Waals surface area contributed by atoms with Crippen molar-refractivity contribution in [2.24, 2.45) is 0 Å². The summed E-state index contributed by atoms with van der Waals surface area (Å²) >= 11 is 6.28. The van der Waals surface area contributed by atoms with Crippen LogP contribution in [-0.4, -0.2) is 30.9 Å². The van der Waals surface area contributed by atoms with Crippen molar-refractivity contribution in [2.75, 3.05) is 19.7 Å². The van der Waals surface area contributed by atoms with E-state index in [1.165, 1.54) is 6.07 Å². The molecule has 0 unspecified atom stereocenters. The summed E-state index contributed by atoms with van der Waals surface area (Å²) in [5.41, 5.74) is 2.35. The van der Waals surface area contributed by atoms with Crippen molar-refractivity contribution in [3.63, 3.8) is 0 Å². The highest BCUT2D eigenvalue weighted by Gasteiger charge is 2.34. The van der Waals surface area contributed by atoms with Crippen LogP contribution in [0.3, 0.4) is 0 Å². The second kappa shape index (κ2) is 13.5. The monoisotopic (exact) mass is 551 g/mol. The molecule has 0 amide bonds. The second-order valence-electron chi connectivity index (χ2n) is 9.28. The molecular weight excluding hydrogens is 523 g/mol. The van der Waals surface area contributed by atoms with Crippen LogP contribution in [0.25, 0.3) is 0 Å². The van der Waals surface area contributed by atoms with Crippen LogP contribution in [0.4, 0.5) is 13.2 Å². The maximum atomic E-state index is 13.5. The highest BCUT2D eigenvalue weighted by Crippen LogP contribution is 2.37. The normalized spacial score (nSPS) is 11.6. The minimum atomic E-state index is -4.53. The third-order valence-corrected chi connectivity index (χ3v) is 6.95. The van der Waals surface area contributed by atoms with Crippen LogP contribution in [0.2, 0.25) is 5.02 Å². The molecule has 0 fully saturated rings. The molecule has 0 bridgehead atoms. The largest absolute Gasteiger partial charge is 0.494 e. The second-order valence-corrected chi connectivity index (χ2v) is 9.66. The number of alkyl halides is 3. The van der Waals surface area contributed by atoms with Crippen LogP contribution >= 0.6 is 11.6 Å². The van der Waals surface area contributed by atoms with Crippen LogP contribution in [0.1, 0.15) is 45.0 Å². The third kappa shape index (κ3) is 7.94. The smallest absolute Gasteiger partial charge is 0.417 e. The quantitative estimate of drug-likeness (QED) is 0.131. The van der Waals surface area contributed by atoms with E-state index in [-0.39, 0.29) is 17.5 Å². The van der Waals surface area contributed by atoms with E-state index in [2.05, 4.69) is 29.2 Å². The Kier molecular flexibility index (Phi) is 9.79. The minimum Gasteiger partial charge on any atom is -0.494 e. The molecule has 0 aromatic heterocycles. The number of hydrogen-bond donors (Lipinski definition) is 0. The van der Waals surface area contributed by atoms with Gasteiger partial charge in [-0.1, -0.05) is 96.5 Å². The number of carbonyl (C=O) groups is 1. The highest BCUT2D eigenvalue weighted by molar-refractivity contribution is 6.32. The molecular formula is C32H29ClF3NO2. The average Bonchev–Trinajstić information content (AvgIpc) is 2.95. The van der Waals surface area contributed by atoms with Crippen LogP contribution < -0.4 is 4.74 Å². The Labute approximate surface area is 231 Å². The number of benzene rings is 4. The van der Waals surface area contributed by atoms with Crippen LogP contribution in [0.15, 0.2) is 103 Å². The third-order valence-electron chi connectivity index (χ3n) is 6.50. The van der Waals surface area contributed by atoms with E-state index < -0.39 is 11.7 Å². The van der Waals surface area contributed by atoms with Crippen molar-refractivity contribution in [2.45, 2.75) is 25.1 Å². The fourth-order valence-electron chi connectivity index (χ4n) is 4.58. The number of rotatable bonds is 12. The Morgan fingerprint density at radius 2 is 1.49 bits per heavy atom. The van der Waals surface area contributed by atoms with Crippen molar-refractivity contribution < 1.29 is 22.7 Å². The molecule has 3 nitrogen and oxygen atoms in total. The van der Waals surface area contributed by atoms with Gasteiger partial charge in [0.05, 0.1) is 17.2 Å². The first-order valence-electron chi connectivity index (χ1n) is 12.7. The van der Waals surface area contributed by atoms with Gasteiger partial charge in [-0.05, 0) is 41.3 Å². The van der Waals surface area contributed by atoms with Gasteiger partial charge < -0.3 is 4.74 Å². The molecule has 0 aliphatic carbocycles. The zero-order chi connectivity index (χ0) is 27.7. The molecule has 0 saturated carbocycles.